The quantitative estimate of drug-likeness (QED) is 0.576. The first-order valence-corrected chi connectivity index (χ1v) is 12.4. The molecule has 0 aliphatic heterocycles. The van der Waals surface area contributed by atoms with Gasteiger partial charge in [0.05, 0.1) is 5.39 Å². The first kappa shape index (κ1) is 16.2. The molecule has 2 rings (SSSR count). The predicted molar refractivity (Wildman–Crippen MR) is 94.5 cm³/mol. The number of fused-ring (bicyclic) bond motifs is 1. The van der Waals surface area contributed by atoms with Gasteiger partial charge in [0.1, 0.15) is 4.83 Å². The Morgan fingerprint density at radius 1 is 1.17 bits per heavy atom. The second-order valence-corrected chi connectivity index (χ2v) is 5.08. The molecule has 0 aliphatic rings. The van der Waals surface area contributed by atoms with Crippen LogP contribution in [0.5, 0.6) is 0 Å². The van der Waals surface area contributed by atoms with Crippen molar-refractivity contribution < 1.29 is 0 Å². The summed E-state index contributed by atoms with van der Waals surface area (Å²) in [5.74, 6) is 0. The molecule has 4 nitrogen and oxygen atoms in total. The van der Waals surface area contributed by atoms with Gasteiger partial charge in [-0.3, -0.25) is 13.9 Å². The fraction of sp³-hybridized carbons (Fsp3) is 0.455. The molecule has 0 unspecified atom stereocenters. The van der Waals surface area contributed by atoms with Crippen molar-refractivity contribution in [3.05, 3.63) is 31.3 Å². The van der Waals surface area contributed by atoms with Crippen LogP contribution in [0.4, 0.5) is 0 Å². The molecule has 0 saturated carbocycles. The molecular formula is C11H14I2N2O2S. The summed E-state index contributed by atoms with van der Waals surface area (Å²) in [6.45, 7) is 4.02. The number of halogens is 2. The summed E-state index contributed by atoms with van der Waals surface area (Å²) < 4.78 is 2.72. The van der Waals surface area contributed by atoms with Crippen LogP contribution >= 0.6 is 48.6 Å². The van der Waals surface area contributed by atoms with Gasteiger partial charge in [0.2, 0.25) is 0 Å². The van der Waals surface area contributed by atoms with Crippen LogP contribution in [0.1, 0.15) is 17.4 Å². The summed E-state index contributed by atoms with van der Waals surface area (Å²) in [7, 11) is 3.23. The van der Waals surface area contributed by atoms with E-state index < -0.39 is 0 Å². The molecule has 2 aromatic rings. The summed E-state index contributed by atoms with van der Waals surface area (Å²) in [5, 5.41) is 0.703. The highest BCUT2D eigenvalue weighted by Crippen LogP contribution is 2.27. The lowest BCUT2D eigenvalue weighted by molar-refractivity contribution is 0.716. The molecule has 100 valence electrons. The second-order valence-electron chi connectivity index (χ2n) is 3.88. The zero-order chi connectivity index (χ0) is 14.0. The Labute approximate surface area is 132 Å². The number of nitrogens with zero attached hydrogens (tertiary/aromatic N) is 2. The summed E-state index contributed by atoms with van der Waals surface area (Å²) in [5.41, 5.74) is 0.622. The van der Waals surface area contributed by atoms with Crippen LogP contribution in [0, 0.1) is 6.92 Å². The van der Waals surface area contributed by atoms with Gasteiger partial charge in [-0.1, -0.05) is 6.92 Å². The molecule has 0 N–H and O–H groups in total. The Morgan fingerprint density at radius 3 is 2.22 bits per heavy atom. The molecule has 0 aliphatic carbocycles. The maximum atomic E-state index is 12.1. The SMILES string of the molecule is CCc1c(C)sc2c1c(=O)n(C)c(=O)n2C.II. The van der Waals surface area contributed by atoms with Crippen LogP contribution in [-0.4, -0.2) is 9.13 Å². The van der Waals surface area contributed by atoms with Crippen LogP contribution in [0.15, 0.2) is 9.59 Å². The number of hydrogen-bond donors (Lipinski definition) is 0. The predicted octanol–water partition coefficient (Wildman–Crippen LogP) is 2.94. The Hall–Kier alpha value is 0.1000. The number of aryl methyl sites for hydroxylation is 3. The van der Waals surface area contributed by atoms with E-state index in [2.05, 4.69) is 37.2 Å². The van der Waals surface area contributed by atoms with E-state index in [4.69, 9.17) is 0 Å². The standard InChI is InChI=1S/C11H14N2O2S.I2/c1-5-7-6(2)16-10-8(7)9(14)12(3)11(15)13(10)4;1-2/h5H2,1-4H3;. The minimum Gasteiger partial charge on any atom is -0.287 e. The average Bonchev–Trinajstić information content (AvgIpc) is 2.73. The second kappa shape index (κ2) is 6.51. The maximum absolute atomic E-state index is 12.1. The highest BCUT2D eigenvalue weighted by molar-refractivity contribution is 15.0. The van der Waals surface area contributed by atoms with Gasteiger partial charge in [0.25, 0.3) is 5.56 Å². The molecule has 2 heterocycles. The van der Waals surface area contributed by atoms with Crippen molar-refractivity contribution in [3.8, 4) is 0 Å². The Bertz CT molecular complexity index is 685. The molecule has 0 fully saturated rings. The molecular weight excluding hydrogens is 478 g/mol. The van der Waals surface area contributed by atoms with Gasteiger partial charge in [0, 0.05) is 56.2 Å². The third-order valence-corrected chi connectivity index (χ3v) is 4.16. The minimum atomic E-state index is -0.263. The van der Waals surface area contributed by atoms with Crippen molar-refractivity contribution >= 4 is 58.8 Å². The maximum Gasteiger partial charge on any atom is 0.331 e. The van der Waals surface area contributed by atoms with Gasteiger partial charge in [-0.25, -0.2) is 4.79 Å². The Morgan fingerprint density at radius 2 is 1.72 bits per heavy atom. The lowest BCUT2D eigenvalue weighted by atomic mass is 10.1. The van der Waals surface area contributed by atoms with E-state index in [1.54, 1.807) is 11.6 Å². The Balaban J connectivity index is 0.000000771. The van der Waals surface area contributed by atoms with Crippen LogP contribution in [-0.2, 0) is 20.5 Å². The van der Waals surface area contributed by atoms with Gasteiger partial charge in [-0.2, -0.15) is 0 Å². The Kier molecular flexibility index (Phi) is 5.84. The largest absolute Gasteiger partial charge is 0.331 e. The molecule has 0 atom stereocenters. The first-order valence-electron chi connectivity index (χ1n) is 5.31. The van der Waals surface area contributed by atoms with E-state index >= 15 is 0 Å². The minimum absolute atomic E-state index is 0.181. The highest BCUT2D eigenvalue weighted by atomic mass is 128. The van der Waals surface area contributed by atoms with Crippen molar-refractivity contribution in [3.63, 3.8) is 0 Å². The van der Waals surface area contributed by atoms with Gasteiger partial charge in [-0.15, -0.1) is 11.3 Å². The van der Waals surface area contributed by atoms with E-state index in [0.717, 1.165) is 21.7 Å². The summed E-state index contributed by atoms with van der Waals surface area (Å²) in [6.07, 6.45) is 0.819. The molecule has 18 heavy (non-hydrogen) atoms. The molecule has 0 amide bonds. The van der Waals surface area contributed by atoms with Gasteiger partial charge < -0.3 is 0 Å². The van der Waals surface area contributed by atoms with Crippen molar-refractivity contribution in [2.24, 2.45) is 14.1 Å². The lowest BCUT2D eigenvalue weighted by Gasteiger charge is -2.03. The molecule has 0 saturated heterocycles. The summed E-state index contributed by atoms with van der Waals surface area (Å²) in [6, 6.07) is 0. The van der Waals surface area contributed by atoms with E-state index in [-0.39, 0.29) is 11.2 Å². The van der Waals surface area contributed by atoms with Crippen molar-refractivity contribution in [1.29, 1.82) is 0 Å². The molecule has 0 spiro atoms. The fourth-order valence-corrected chi connectivity index (χ4v) is 3.20. The van der Waals surface area contributed by atoms with E-state index in [1.165, 1.54) is 23.0 Å². The van der Waals surface area contributed by atoms with E-state index in [9.17, 15) is 9.59 Å². The molecule has 0 aromatic carbocycles. The number of rotatable bonds is 1. The van der Waals surface area contributed by atoms with Crippen LogP contribution in [0.3, 0.4) is 0 Å². The molecule has 7 heteroatoms. The highest BCUT2D eigenvalue weighted by Gasteiger charge is 2.16. The summed E-state index contributed by atoms with van der Waals surface area (Å²) in [4.78, 5) is 25.7. The van der Waals surface area contributed by atoms with Gasteiger partial charge in [0.15, 0.2) is 0 Å². The van der Waals surface area contributed by atoms with Gasteiger partial charge >= 0.3 is 5.69 Å². The zero-order valence-corrected chi connectivity index (χ0v) is 15.7. The zero-order valence-electron chi connectivity index (χ0n) is 10.6. The van der Waals surface area contributed by atoms with Gasteiger partial charge in [-0.05, 0) is 18.9 Å². The number of hydrogen-bond acceptors (Lipinski definition) is 3. The third-order valence-electron chi connectivity index (χ3n) is 2.94. The topological polar surface area (TPSA) is 44.0 Å². The number of aromatic nitrogens is 2. The normalized spacial score (nSPS) is 10.3. The average molecular weight is 492 g/mol. The van der Waals surface area contributed by atoms with E-state index in [1.807, 2.05) is 13.8 Å². The summed E-state index contributed by atoms with van der Waals surface area (Å²) >= 11 is 5.76. The smallest absolute Gasteiger partial charge is 0.287 e. The molecule has 2 aromatic heterocycles. The van der Waals surface area contributed by atoms with Crippen molar-refractivity contribution in [1.82, 2.24) is 9.13 Å². The fourth-order valence-electron chi connectivity index (χ4n) is 2.01. The third kappa shape index (κ3) is 2.53. The van der Waals surface area contributed by atoms with Crippen LogP contribution in [0.2, 0.25) is 0 Å². The van der Waals surface area contributed by atoms with Crippen LogP contribution < -0.4 is 11.2 Å². The monoisotopic (exact) mass is 492 g/mol. The lowest BCUT2D eigenvalue weighted by Crippen LogP contribution is -2.36. The first-order chi connectivity index (χ1) is 8.49. The number of thiophene rings is 1. The van der Waals surface area contributed by atoms with Crippen molar-refractivity contribution in [2.45, 2.75) is 20.3 Å². The molecule has 0 bridgehead atoms. The van der Waals surface area contributed by atoms with Crippen LogP contribution in [0.25, 0.3) is 10.2 Å². The van der Waals surface area contributed by atoms with E-state index in [0.29, 0.717) is 5.39 Å². The van der Waals surface area contributed by atoms with Crippen molar-refractivity contribution in [2.75, 3.05) is 0 Å². The molecule has 0 radical (unpaired) electrons.